The Morgan fingerprint density at radius 3 is 2.56 bits per heavy atom. The second-order valence-electron chi connectivity index (χ2n) is 6.04. The summed E-state index contributed by atoms with van der Waals surface area (Å²) in [4.78, 5) is 17.4. The first-order valence-electron chi connectivity index (χ1n) is 8.77. The highest BCUT2D eigenvalue weighted by Gasteiger charge is 2.14. The second kappa shape index (κ2) is 8.18. The SMILES string of the molecule is c1ccc([C@H](CCn2cncn2)Nc2nccc(-c3ccccn3)n2)cc1. The summed E-state index contributed by atoms with van der Waals surface area (Å²) in [5.41, 5.74) is 2.78. The van der Waals surface area contributed by atoms with Crippen molar-refractivity contribution in [2.24, 2.45) is 0 Å². The summed E-state index contributed by atoms with van der Waals surface area (Å²) in [6.45, 7) is 0.743. The number of aromatic nitrogens is 6. The van der Waals surface area contributed by atoms with E-state index in [1.54, 1.807) is 25.0 Å². The predicted molar refractivity (Wildman–Crippen MR) is 103 cm³/mol. The Kier molecular flexibility index (Phi) is 5.10. The van der Waals surface area contributed by atoms with E-state index in [0.717, 1.165) is 24.4 Å². The molecule has 7 nitrogen and oxygen atoms in total. The average molecular weight is 357 g/mol. The van der Waals surface area contributed by atoms with Gasteiger partial charge < -0.3 is 5.32 Å². The second-order valence-corrected chi connectivity index (χ2v) is 6.04. The van der Waals surface area contributed by atoms with Gasteiger partial charge in [0.2, 0.25) is 5.95 Å². The molecule has 0 amide bonds. The van der Waals surface area contributed by atoms with Crippen LogP contribution in [0.5, 0.6) is 0 Å². The molecule has 0 fully saturated rings. The van der Waals surface area contributed by atoms with E-state index in [1.807, 2.05) is 47.1 Å². The third-order valence-electron chi connectivity index (χ3n) is 4.20. The zero-order valence-corrected chi connectivity index (χ0v) is 14.7. The fraction of sp³-hybridized carbons (Fsp3) is 0.150. The number of rotatable bonds is 7. The Morgan fingerprint density at radius 2 is 1.78 bits per heavy atom. The van der Waals surface area contributed by atoms with Crippen molar-refractivity contribution < 1.29 is 0 Å². The van der Waals surface area contributed by atoms with Crippen molar-refractivity contribution in [1.29, 1.82) is 0 Å². The van der Waals surface area contributed by atoms with Gasteiger partial charge in [-0.3, -0.25) is 9.67 Å². The van der Waals surface area contributed by atoms with Gasteiger partial charge in [-0.1, -0.05) is 36.4 Å². The molecule has 0 aliphatic heterocycles. The van der Waals surface area contributed by atoms with E-state index in [2.05, 4.69) is 42.5 Å². The number of nitrogens with one attached hydrogen (secondary N) is 1. The van der Waals surface area contributed by atoms with Crippen LogP contribution in [0.3, 0.4) is 0 Å². The van der Waals surface area contributed by atoms with Gasteiger partial charge in [-0.2, -0.15) is 5.10 Å². The number of hydrogen-bond donors (Lipinski definition) is 1. The standard InChI is InChI=1S/C20H19N7/c1-2-6-16(7-3-1)17(10-13-27-15-21-14-24-27)25-20-23-12-9-19(26-20)18-8-4-5-11-22-18/h1-9,11-12,14-15,17H,10,13H2,(H,23,25,26)/t17-/m0/s1. The van der Waals surface area contributed by atoms with E-state index in [0.29, 0.717) is 5.95 Å². The van der Waals surface area contributed by atoms with Crippen molar-refractivity contribution in [3.05, 3.63) is 85.2 Å². The summed E-state index contributed by atoms with van der Waals surface area (Å²) in [5, 5.41) is 7.64. The van der Waals surface area contributed by atoms with Crippen molar-refractivity contribution in [3.63, 3.8) is 0 Å². The summed E-state index contributed by atoms with van der Waals surface area (Å²) in [5.74, 6) is 0.575. The Balaban J connectivity index is 1.56. The Labute approximate surface area is 157 Å². The summed E-state index contributed by atoms with van der Waals surface area (Å²) in [6.07, 6.45) is 7.60. The predicted octanol–water partition coefficient (Wildman–Crippen LogP) is 3.37. The van der Waals surface area contributed by atoms with Gasteiger partial charge in [-0.15, -0.1) is 0 Å². The van der Waals surface area contributed by atoms with Crippen LogP contribution in [-0.4, -0.2) is 29.7 Å². The molecule has 0 aliphatic carbocycles. The fourth-order valence-electron chi connectivity index (χ4n) is 2.86. The molecule has 0 aliphatic rings. The number of aryl methyl sites for hydroxylation is 1. The third kappa shape index (κ3) is 4.33. The van der Waals surface area contributed by atoms with Crippen LogP contribution >= 0.6 is 0 Å². The maximum absolute atomic E-state index is 4.63. The monoisotopic (exact) mass is 357 g/mol. The van der Waals surface area contributed by atoms with Crippen molar-refractivity contribution in [2.75, 3.05) is 5.32 Å². The zero-order chi connectivity index (χ0) is 18.3. The lowest BCUT2D eigenvalue weighted by atomic mass is 10.0. The zero-order valence-electron chi connectivity index (χ0n) is 14.7. The third-order valence-corrected chi connectivity index (χ3v) is 4.20. The molecule has 134 valence electrons. The van der Waals surface area contributed by atoms with Crippen LogP contribution < -0.4 is 5.32 Å². The van der Waals surface area contributed by atoms with Crippen molar-refractivity contribution >= 4 is 5.95 Å². The molecule has 0 radical (unpaired) electrons. The molecule has 0 bridgehead atoms. The smallest absolute Gasteiger partial charge is 0.223 e. The van der Waals surface area contributed by atoms with Gasteiger partial charge >= 0.3 is 0 Å². The summed E-state index contributed by atoms with van der Waals surface area (Å²) in [7, 11) is 0. The highest BCUT2D eigenvalue weighted by molar-refractivity contribution is 5.55. The molecule has 0 spiro atoms. The normalized spacial score (nSPS) is 11.9. The van der Waals surface area contributed by atoms with Crippen LogP contribution in [0.15, 0.2) is 79.6 Å². The topological polar surface area (TPSA) is 81.4 Å². The van der Waals surface area contributed by atoms with Crippen molar-refractivity contribution in [1.82, 2.24) is 29.7 Å². The first-order chi connectivity index (χ1) is 13.4. The van der Waals surface area contributed by atoms with Gasteiger partial charge in [-0.05, 0) is 30.2 Å². The van der Waals surface area contributed by atoms with Crippen LogP contribution in [-0.2, 0) is 6.54 Å². The summed E-state index contributed by atoms with van der Waals surface area (Å²) in [6, 6.07) is 18.0. The average Bonchev–Trinajstić information content (AvgIpc) is 3.26. The molecule has 4 aromatic rings. The Bertz CT molecular complexity index is 956. The lowest BCUT2D eigenvalue weighted by Gasteiger charge is -2.19. The highest BCUT2D eigenvalue weighted by Crippen LogP contribution is 2.22. The van der Waals surface area contributed by atoms with E-state index in [-0.39, 0.29) is 6.04 Å². The van der Waals surface area contributed by atoms with Gasteiger partial charge in [0.25, 0.3) is 0 Å². The van der Waals surface area contributed by atoms with E-state index in [9.17, 15) is 0 Å². The van der Waals surface area contributed by atoms with Gasteiger partial charge in [0.05, 0.1) is 17.4 Å². The van der Waals surface area contributed by atoms with Gasteiger partial charge in [0.15, 0.2) is 0 Å². The van der Waals surface area contributed by atoms with Crippen molar-refractivity contribution in [2.45, 2.75) is 19.0 Å². The molecular formula is C20H19N7. The van der Waals surface area contributed by atoms with E-state index in [4.69, 9.17) is 0 Å². The lowest BCUT2D eigenvalue weighted by molar-refractivity contribution is 0.536. The highest BCUT2D eigenvalue weighted by atomic mass is 15.3. The molecule has 1 N–H and O–H groups in total. The molecule has 0 saturated carbocycles. The lowest BCUT2D eigenvalue weighted by Crippen LogP contribution is -2.16. The molecule has 3 heterocycles. The molecular weight excluding hydrogens is 338 g/mol. The maximum Gasteiger partial charge on any atom is 0.223 e. The molecule has 1 aromatic carbocycles. The van der Waals surface area contributed by atoms with Crippen LogP contribution in [0.25, 0.3) is 11.4 Å². The molecule has 0 unspecified atom stereocenters. The van der Waals surface area contributed by atoms with E-state index >= 15 is 0 Å². The van der Waals surface area contributed by atoms with Crippen LogP contribution in [0.2, 0.25) is 0 Å². The Morgan fingerprint density at radius 1 is 0.889 bits per heavy atom. The van der Waals surface area contributed by atoms with Crippen LogP contribution in [0.1, 0.15) is 18.0 Å². The minimum atomic E-state index is 0.0504. The number of nitrogens with zero attached hydrogens (tertiary/aromatic N) is 6. The van der Waals surface area contributed by atoms with Gasteiger partial charge in [-0.25, -0.2) is 15.0 Å². The minimum absolute atomic E-state index is 0.0504. The van der Waals surface area contributed by atoms with E-state index < -0.39 is 0 Å². The summed E-state index contributed by atoms with van der Waals surface area (Å²) >= 11 is 0. The summed E-state index contributed by atoms with van der Waals surface area (Å²) < 4.78 is 1.82. The quantitative estimate of drug-likeness (QED) is 0.546. The Hall–Kier alpha value is -3.61. The molecule has 0 saturated heterocycles. The van der Waals surface area contributed by atoms with Gasteiger partial charge in [0.1, 0.15) is 12.7 Å². The molecule has 27 heavy (non-hydrogen) atoms. The van der Waals surface area contributed by atoms with Gasteiger partial charge in [0, 0.05) is 18.9 Å². The molecule has 3 aromatic heterocycles. The number of pyridine rings is 1. The largest absolute Gasteiger partial charge is 0.347 e. The van der Waals surface area contributed by atoms with Crippen LogP contribution in [0.4, 0.5) is 5.95 Å². The number of benzene rings is 1. The number of anilines is 1. The maximum atomic E-state index is 4.63. The number of hydrogen-bond acceptors (Lipinski definition) is 6. The van der Waals surface area contributed by atoms with E-state index in [1.165, 1.54) is 5.56 Å². The van der Waals surface area contributed by atoms with Crippen molar-refractivity contribution in [3.8, 4) is 11.4 Å². The minimum Gasteiger partial charge on any atom is -0.347 e. The first kappa shape index (κ1) is 16.8. The molecule has 4 rings (SSSR count). The fourth-order valence-corrected chi connectivity index (χ4v) is 2.86. The first-order valence-corrected chi connectivity index (χ1v) is 8.77. The van der Waals surface area contributed by atoms with Crippen LogP contribution in [0, 0.1) is 0 Å². The molecule has 1 atom stereocenters. The molecule has 7 heteroatoms.